The fraction of sp³-hybridized carbons (Fsp3) is 0.222. The van der Waals surface area contributed by atoms with Crippen LogP contribution in [0.4, 0.5) is 0 Å². The molecule has 23 heavy (non-hydrogen) atoms. The van der Waals surface area contributed by atoms with Crippen molar-refractivity contribution in [3.63, 3.8) is 0 Å². The smallest absolute Gasteiger partial charge is 0.220 e. The highest BCUT2D eigenvalue weighted by molar-refractivity contribution is 9.10. The van der Waals surface area contributed by atoms with E-state index in [2.05, 4.69) is 32.3 Å². The summed E-state index contributed by atoms with van der Waals surface area (Å²) in [7, 11) is 0. The Hall–Kier alpha value is -1.72. The number of aromatic nitrogens is 1. The van der Waals surface area contributed by atoms with Crippen LogP contribution < -0.4 is 5.32 Å². The van der Waals surface area contributed by atoms with Gasteiger partial charge in [0.25, 0.3) is 0 Å². The van der Waals surface area contributed by atoms with E-state index in [0.29, 0.717) is 12.8 Å². The van der Waals surface area contributed by atoms with Gasteiger partial charge in [0.1, 0.15) is 0 Å². The Morgan fingerprint density at radius 2 is 1.96 bits per heavy atom. The van der Waals surface area contributed by atoms with Gasteiger partial charge in [0, 0.05) is 17.3 Å². The monoisotopic (exact) mass is 388 g/mol. The van der Waals surface area contributed by atoms with Gasteiger partial charge in [-0.2, -0.15) is 0 Å². The van der Waals surface area contributed by atoms with E-state index in [0.717, 1.165) is 20.6 Å². The van der Waals surface area contributed by atoms with Gasteiger partial charge < -0.3 is 5.32 Å². The third kappa shape index (κ3) is 3.98. The molecule has 0 fully saturated rings. The van der Waals surface area contributed by atoms with E-state index in [9.17, 15) is 4.79 Å². The number of hydrogen-bond donors (Lipinski definition) is 1. The van der Waals surface area contributed by atoms with Gasteiger partial charge in [-0.25, -0.2) is 4.98 Å². The lowest BCUT2D eigenvalue weighted by Gasteiger charge is -2.15. The summed E-state index contributed by atoms with van der Waals surface area (Å²) in [6.07, 6.45) is 1.13. The molecule has 1 N–H and O–H groups in total. The molecule has 1 unspecified atom stereocenters. The number of nitrogens with zero attached hydrogens (tertiary/aromatic N) is 1. The number of fused-ring (bicyclic) bond motifs is 1. The van der Waals surface area contributed by atoms with Crippen LogP contribution in [0.25, 0.3) is 10.2 Å². The lowest BCUT2D eigenvalue weighted by Crippen LogP contribution is -2.27. The molecule has 1 heterocycles. The highest BCUT2D eigenvalue weighted by Crippen LogP contribution is 2.24. The lowest BCUT2D eigenvalue weighted by molar-refractivity contribution is -0.121. The zero-order chi connectivity index (χ0) is 16.2. The Morgan fingerprint density at radius 1 is 1.22 bits per heavy atom. The molecule has 3 rings (SSSR count). The van der Waals surface area contributed by atoms with Crippen LogP contribution in [0, 0.1) is 0 Å². The Kier molecular flexibility index (Phi) is 5.08. The van der Waals surface area contributed by atoms with Crippen LogP contribution in [-0.2, 0) is 11.2 Å². The van der Waals surface area contributed by atoms with Crippen LogP contribution in [0.1, 0.15) is 30.0 Å². The summed E-state index contributed by atoms with van der Waals surface area (Å²) >= 11 is 5.18. The normalized spacial score (nSPS) is 12.3. The van der Waals surface area contributed by atoms with Gasteiger partial charge in [-0.15, -0.1) is 11.3 Å². The molecule has 1 aromatic heterocycles. The number of hydrogen-bond acceptors (Lipinski definition) is 3. The van der Waals surface area contributed by atoms with E-state index in [1.807, 2.05) is 49.4 Å². The maximum atomic E-state index is 12.2. The molecule has 0 bridgehead atoms. The summed E-state index contributed by atoms with van der Waals surface area (Å²) < 4.78 is 2.18. The number of amides is 1. The van der Waals surface area contributed by atoms with Crippen molar-refractivity contribution < 1.29 is 4.79 Å². The van der Waals surface area contributed by atoms with E-state index in [1.54, 1.807) is 11.3 Å². The number of rotatable bonds is 5. The van der Waals surface area contributed by atoms with Crippen molar-refractivity contribution in [1.29, 1.82) is 0 Å². The zero-order valence-electron chi connectivity index (χ0n) is 12.8. The summed E-state index contributed by atoms with van der Waals surface area (Å²) in [5.41, 5.74) is 2.09. The van der Waals surface area contributed by atoms with Crippen molar-refractivity contribution in [3.8, 4) is 0 Å². The standard InChI is InChI=1S/C18H17BrN2OS/c1-12(13-6-2-3-7-14(13)19)20-17(22)10-11-18-21-15-8-4-5-9-16(15)23-18/h2-9,12H,10-11H2,1H3,(H,20,22). The molecule has 1 amide bonds. The van der Waals surface area contributed by atoms with E-state index in [4.69, 9.17) is 0 Å². The quantitative estimate of drug-likeness (QED) is 0.677. The van der Waals surface area contributed by atoms with Crippen LogP contribution in [0.2, 0.25) is 0 Å². The molecule has 5 heteroatoms. The number of aryl methyl sites for hydroxylation is 1. The Bertz CT molecular complexity index is 798. The van der Waals surface area contributed by atoms with E-state index in [1.165, 1.54) is 4.70 Å². The lowest BCUT2D eigenvalue weighted by atomic mass is 10.1. The fourth-order valence-electron chi connectivity index (χ4n) is 2.46. The van der Waals surface area contributed by atoms with Crippen LogP contribution in [0.5, 0.6) is 0 Å². The summed E-state index contributed by atoms with van der Waals surface area (Å²) in [5, 5.41) is 4.06. The summed E-state index contributed by atoms with van der Waals surface area (Å²) in [4.78, 5) is 16.7. The predicted octanol–water partition coefficient (Wildman–Crippen LogP) is 4.87. The second-order valence-corrected chi connectivity index (χ2v) is 7.36. The van der Waals surface area contributed by atoms with Gasteiger partial charge in [0.2, 0.25) is 5.91 Å². The summed E-state index contributed by atoms with van der Waals surface area (Å²) in [5.74, 6) is 0.0486. The SMILES string of the molecule is CC(NC(=O)CCc1nc2ccccc2s1)c1ccccc1Br. The van der Waals surface area contributed by atoms with Crippen LogP contribution in [0.15, 0.2) is 53.0 Å². The maximum absolute atomic E-state index is 12.2. The van der Waals surface area contributed by atoms with Gasteiger partial charge in [0.05, 0.1) is 21.3 Å². The first kappa shape index (κ1) is 16.1. The molecule has 0 saturated carbocycles. The highest BCUT2D eigenvalue weighted by Gasteiger charge is 2.13. The second-order valence-electron chi connectivity index (χ2n) is 5.39. The molecule has 0 radical (unpaired) electrons. The molecule has 0 aliphatic heterocycles. The van der Waals surface area contributed by atoms with E-state index in [-0.39, 0.29) is 11.9 Å². The minimum Gasteiger partial charge on any atom is -0.350 e. The third-order valence-electron chi connectivity index (χ3n) is 3.65. The molecule has 0 aliphatic rings. The molecular weight excluding hydrogens is 372 g/mol. The van der Waals surface area contributed by atoms with E-state index >= 15 is 0 Å². The molecule has 0 saturated heterocycles. The van der Waals surface area contributed by atoms with Gasteiger partial charge in [-0.1, -0.05) is 46.3 Å². The van der Waals surface area contributed by atoms with Crippen LogP contribution >= 0.6 is 27.3 Å². The predicted molar refractivity (Wildman–Crippen MR) is 98.6 cm³/mol. The van der Waals surface area contributed by atoms with Gasteiger partial charge >= 0.3 is 0 Å². The van der Waals surface area contributed by atoms with Crippen molar-refractivity contribution in [2.24, 2.45) is 0 Å². The number of benzene rings is 2. The van der Waals surface area contributed by atoms with Crippen molar-refractivity contribution >= 4 is 43.4 Å². The molecule has 118 valence electrons. The maximum Gasteiger partial charge on any atom is 0.220 e. The van der Waals surface area contributed by atoms with Crippen LogP contribution in [0.3, 0.4) is 0 Å². The first-order chi connectivity index (χ1) is 11.1. The molecule has 0 spiro atoms. The number of halogens is 1. The van der Waals surface area contributed by atoms with Crippen molar-refractivity contribution in [3.05, 3.63) is 63.6 Å². The average molecular weight is 389 g/mol. The van der Waals surface area contributed by atoms with E-state index < -0.39 is 0 Å². The summed E-state index contributed by atoms with van der Waals surface area (Å²) in [6, 6.07) is 16.0. The molecular formula is C18H17BrN2OS. The van der Waals surface area contributed by atoms with Crippen molar-refractivity contribution in [2.75, 3.05) is 0 Å². The van der Waals surface area contributed by atoms with Crippen LogP contribution in [-0.4, -0.2) is 10.9 Å². The Morgan fingerprint density at radius 3 is 2.74 bits per heavy atom. The van der Waals surface area contributed by atoms with Crippen molar-refractivity contribution in [2.45, 2.75) is 25.8 Å². The number of carbonyl (C=O) groups excluding carboxylic acids is 1. The third-order valence-corrected chi connectivity index (χ3v) is 5.47. The molecule has 0 aliphatic carbocycles. The topological polar surface area (TPSA) is 42.0 Å². The second kappa shape index (κ2) is 7.23. The van der Waals surface area contributed by atoms with Crippen molar-refractivity contribution in [1.82, 2.24) is 10.3 Å². The van der Waals surface area contributed by atoms with Gasteiger partial charge in [-0.05, 0) is 30.7 Å². The number of nitrogens with one attached hydrogen (secondary N) is 1. The van der Waals surface area contributed by atoms with Gasteiger partial charge in [0.15, 0.2) is 0 Å². The number of carbonyl (C=O) groups is 1. The Balaban J connectivity index is 1.58. The molecule has 3 nitrogen and oxygen atoms in total. The average Bonchev–Trinajstić information content (AvgIpc) is 2.96. The van der Waals surface area contributed by atoms with Gasteiger partial charge in [-0.3, -0.25) is 4.79 Å². The Labute approximate surface area is 147 Å². The molecule has 2 aromatic carbocycles. The molecule has 1 atom stereocenters. The first-order valence-corrected chi connectivity index (χ1v) is 9.12. The fourth-order valence-corrected chi connectivity index (χ4v) is 4.06. The number of para-hydroxylation sites is 1. The first-order valence-electron chi connectivity index (χ1n) is 7.52. The summed E-state index contributed by atoms with van der Waals surface area (Å²) in [6.45, 7) is 2.00. The highest BCUT2D eigenvalue weighted by atomic mass is 79.9. The minimum absolute atomic E-state index is 0.0200. The number of thiazole rings is 1. The zero-order valence-corrected chi connectivity index (χ0v) is 15.2. The largest absolute Gasteiger partial charge is 0.350 e. The molecule has 3 aromatic rings. The minimum atomic E-state index is -0.0200.